The van der Waals surface area contributed by atoms with Gasteiger partial charge in [-0.05, 0) is 58.7 Å². The first-order valence-corrected chi connectivity index (χ1v) is 8.39. The van der Waals surface area contributed by atoms with Gasteiger partial charge in [-0.1, -0.05) is 20.8 Å². The highest BCUT2D eigenvalue weighted by atomic mass is 16.2. The molecule has 0 aromatic carbocycles. The van der Waals surface area contributed by atoms with Gasteiger partial charge in [0.15, 0.2) is 0 Å². The van der Waals surface area contributed by atoms with Crippen molar-refractivity contribution in [3.63, 3.8) is 0 Å². The van der Waals surface area contributed by atoms with Crippen molar-refractivity contribution in [1.82, 2.24) is 15.5 Å². The first-order chi connectivity index (χ1) is 9.60. The standard InChI is InChI=1S/C16H33N3O/c1-5-10-19-11-8-15(9-12-19)17-13(4)16(20)18-14(6-2)7-3/h13-15,17H,5-12H2,1-4H3,(H,18,20). The van der Waals surface area contributed by atoms with Crippen LogP contribution >= 0.6 is 0 Å². The summed E-state index contributed by atoms with van der Waals surface area (Å²) in [5.41, 5.74) is 0. The maximum Gasteiger partial charge on any atom is 0.237 e. The van der Waals surface area contributed by atoms with Crippen LogP contribution in [0, 0.1) is 0 Å². The van der Waals surface area contributed by atoms with E-state index in [0.717, 1.165) is 38.8 Å². The van der Waals surface area contributed by atoms with E-state index in [0.29, 0.717) is 12.1 Å². The zero-order chi connectivity index (χ0) is 15.0. The van der Waals surface area contributed by atoms with Crippen molar-refractivity contribution in [2.45, 2.75) is 77.9 Å². The molecule has 2 N–H and O–H groups in total. The second kappa shape index (κ2) is 9.35. The SMILES string of the molecule is CCCN1CCC(NC(C)C(=O)NC(CC)CC)CC1. The molecule has 0 spiro atoms. The molecule has 4 heteroatoms. The Hall–Kier alpha value is -0.610. The van der Waals surface area contributed by atoms with E-state index in [9.17, 15) is 4.79 Å². The minimum absolute atomic E-state index is 0.0849. The summed E-state index contributed by atoms with van der Waals surface area (Å²) in [6.45, 7) is 12.0. The lowest BCUT2D eigenvalue weighted by Gasteiger charge is -2.33. The summed E-state index contributed by atoms with van der Waals surface area (Å²) in [7, 11) is 0. The van der Waals surface area contributed by atoms with E-state index >= 15 is 0 Å². The summed E-state index contributed by atoms with van der Waals surface area (Å²) in [5, 5.41) is 6.62. The van der Waals surface area contributed by atoms with E-state index < -0.39 is 0 Å². The molecule has 4 nitrogen and oxygen atoms in total. The Balaban J connectivity index is 2.28. The van der Waals surface area contributed by atoms with Crippen LogP contribution < -0.4 is 10.6 Å². The first-order valence-electron chi connectivity index (χ1n) is 8.39. The van der Waals surface area contributed by atoms with Gasteiger partial charge in [0, 0.05) is 12.1 Å². The van der Waals surface area contributed by atoms with Gasteiger partial charge in [0.2, 0.25) is 5.91 Å². The lowest BCUT2D eigenvalue weighted by atomic mass is 10.0. The second-order valence-electron chi connectivity index (χ2n) is 6.03. The van der Waals surface area contributed by atoms with Crippen LogP contribution in [0.4, 0.5) is 0 Å². The first kappa shape index (κ1) is 17.4. The second-order valence-corrected chi connectivity index (χ2v) is 6.03. The number of carbonyl (C=O) groups excluding carboxylic acids is 1. The zero-order valence-corrected chi connectivity index (χ0v) is 13.7. The smallest absolute Gasteiger partial charge is 0.237 e. The van der Waals surface area contributed by atoms with Gasteiger partial charge in [-0.3, -0.25) is 4.79 Å². The highest BCUT2D eigenvalue weighted by Crippen LogP contribution is 2.11. The molecule has 1 unspecified atom stereocenters. The average Bonchev–Trinajstić information content (AvgIpc) is 2.46. The lowest BCUT2D eigenvalue weighted by molar-refractivity contribution is -0.123. The Labute approximate surface area is 124 Å². The van der Waals surface area contributed by atoms with Crippen LogP contribution in [-0.2, 0) is 4.79 Å². The third-order valence-corrected chi connectivity index (χ3v) is 4.34. The maximum atomic E-state index is 12.1. The van der Waals surface area contributed by atoms with Crippen LogP contribution in [0.1, 0.15) is 59.8 Å². The molecule has 1 fully saturated rings. The summed E-state index contributed by atoms with van der Waals surface area (Å²) in [4.78, 5) is 14.6. The fourth-order valence-electron chi connectivity index (χ4n) is 2.89. The summed E-state index contributed by atoms with van der Waals surface area (Å²) in [6.07, 6.45) is 5.55. The molecule has 118 valence electrons. The van der Waals surface area contributed by atoms with Crippen molar-refractivity contribution in [1.29, 1.82) is 0 Å². The molecule has 1 heterocycles. The summed E-state index contributed by atoms with van der Waals surface area (Å²) < 4.78 is 0. The minimum Gasteiger partial charge on any atom is -0.352 e. The number of likely N-dealkylation sites (tertiary alicyclic amines) is 1. The Morgan fingerprint density at radius 3 is 2.30 bits per heavy atom. The summed E-state index contributed by atoms with van der Waals surface area (Å²) in [6, 6.07) is 0.724. The predicted octanol–water partition coefficient (Wildman–Crippen LogP) is 2.14. The quantitative estimate of drug-likeness (QED) is 0.717. The minimum atomic E-state index is -0.0849. The van der Waals surface area contributed by atoms with Gasteiger partial charge >= 0.3 is 0 Å². The third kappa shape index (κ3) is 5.80. The van der Waals surface area contributed by atoms with E-state index in [4.69, 9.17) is 0 Å². The van der Waals surface area contributed by atoms with Crippen LogP contribution in [0.25, 0.3) is 0 Å². The van der Waals surface area contributed by atoms with Gasteiger partial charge in [0.25, 0.3) is 0 Å². The average molecular weight is 283 g/mol. The number of carbonyl (C=O) groups is 1. The third-order valence-electron chi connectivity index (χ3n) is 4.34. The number of hydrogen-bond acceptors (Lipinski definition) is 3. The molecule has 1 aliphatic heterocycles. The van der Waals surface area contributed by atoms with Crippen molar-refractivity contribution >= 4 is 5.91 Å². The van der Waals surface area contributed by atoms with Crippen molar-refractivity contribution in [2.75, 3.05) is 19.6 Å². The fraction of sp³-hybridized carbons (Fsp3) is 0.938. The number of amides is 1. The maximum absolute atomic E-state index is 12.1. The molecule has 1 rings (SSSR count). The van der Waals surface area contributed by atoms with Gasteiger partial charge in [0.05, 0.1) is 6.04 Å². The van der Waals surface area contributed by atoms with Crippen LogP contribution in [0.2, 0.25) is 0 Å². The van der Waals surface area contributed by atoms with E-state index in [1.165, 1.54) is 13.0 Å². The van der Waals surface area contributed by atoms with Crippen molar-refractivity contribution in [3.05, 3.63) is 0 Å². The van der Waals surface area contributed by atoms with Crippen LogP contribution in [-0.4, -0.2) is 48.6 Å². The molecule has 0 radical (unpaired) electrons. The molecule has 1 aliphatic rings. The number of rotatable bonds is 8. The molecule has 0 aromatic rings. The Morgan fingerprint density at radius 2 is 1.80 bits per heavy atom. The van der Waals surface area contributed by atoms with Gasteiger partial charge in [-0.25, -0.2) is 0 Å². The van der Waals surface area contributed by atoms with Gasteiger partial charge < -0.3 is 15.5 Å². The Morgan fingerprint density at radius 1 is 1.20 bits per heavy atom. The van der Waals surface area contributed by atoms with Gasteiger partial charge in [0.1, 0.15) is 0 Å². The molecule has 0 aromatic heterocycles. The summed E-state index contributed by atoms with van der Waals surface area (Å²) in [5.74, 6) is 0.148. The molecule has 1 saturated heterocycles. The van der Waals surface area contributed by atoms with Gasteiger partial charge in [-0.15, -0.1) is 0 Å². The van der Waals surface area contributed by atoms with Crippen LogP contribution in [0.15, 0.2) is 0 Å². The molecule has 0 aliphatic carbocycles. The van der Waals surface area contributed by atoms with E-state index in [1.807, 2.05) is 6.92 Å². The largest absolute Gasteiger partial charge is 0.352 e. The highest BCUT2D eigenvalue weighted by Gasteiger charge is 2.23. The van der Waals surface area contributed by atoms with E-state index in [-0.39, 0.29) is 11.9 Å². The number of nitrogens with one attached hydrogen (secondary N) is 2. The molecule has 0 bridgehead atoms. The fourth-order valence-corrected chi connectivity index (χ4v) is 2.89. The van der Waals surface area contributed by atoms with Crippen LogP contribution in [0.3, 0.4) is 0 Å². The topological polar surface area (TPSA) is 44.4 Å². The van der Waals surface area contributed by atoms with Gasteiger partial charge in [-0.2, -0.15) is 0 Å². The molecule has 20 heavy (non-hydrogen) atoms. The van der Waals surface area contributed by atoms with Crippen molar-refractivity contribution < 1.29 is 4.79 Å². The molecule has 0 saturated carbocycles. The Kier molecular flexibility index (Phi) is 8.15. The van der Waals surface area contributed by atoms with Crippen molar-refractivity contribution in [2.24, 2.45) is 0 Å². The number of piperidine rings is 1. The Bertz CT molecular complexity index is 271. The molecular weight excluding hydrogens is 250 g/mol. The summed E-state index contributed by atoms with van der Waals surface area (Å²) >= 11 is 0. The monoisotopic (exact) mass is 283 g/mol. The molecule has 1 amide bonds. The number of hydrogen-bond donors (Lipinski definition) is 2. The van der Waals surface area contributed by atoms with E-state index in [1.54, 1.807) is 0 Å². The molecular formula is C16H33N3O. The molecule has 1 atom stereocenters. The zero-order valence-electron chi connectivity index (χ0n) is 13.7. The highest BCUT2D eigenvalue weighted by molar-refractivity contribution is 5.81. The predicted molar refractivity (Wildman–Crippen MR) is 84.9 cm³/mol. The normalized spacial score (nSPS) is 19.2. The number of nitrogens with zero attached hydrogens (tertiary/aromatic N) is 1. The lowest BCUT2D eigenvalue weighted by Crippen LogP contribution is -2.51. The van der Waals surface area contributed by atoms with E-state index in [2.05, 4.69) is 36.3 Å². The van der Waals surface area contributed by atoms with Crippen molar-refractivity contribution in [3.8, 4) is 0 Å². The van der Waals surface area contributed by atoms with Crippen LogP contribution in [0.5, 0.6) is 0 Å².